The van der Waals surface area contributed by atoms with Crippen molar-refractivity contribution >= 4 is 87.2 Å². The Morgan fingerprint density at radius 1 is 0.392 bits per heavy atom. The number of benzene rings is 8. The van der Waals surface area contributed by atoms with E-state index in [0.717, 1.165) is 44.9 Å². The lowest BCUT2D eigenvalue weighted by Gasteiger charge is -2.26. The molecule has 0 radical (unpaired) electrons. The number of nitrogens with zero attached hydrogens (tertiary/aromatic N) is 4. The van der Waals surface area contributed by atoms with Gasteiger partial charge in [-0.05, 0) is 106 Å². The molecule has 0 aliphatic rings. The number of nitriles is 2. The molecule has 238 valence electrons. The van der Waals surface area contributed by atoms with E-state index >= 15 is 0 Å². The second-order valence-electron chi connectivity index (χ2n) is 12.4. The molecule has 1 heterocycles. The Kier molecular flexibility index (Phi) is 7.40. The van der Waals surface area contributed by atoms with E-state index in [1.807, 2.05) is 72.0 Å². The van der Waals surface area contributed by atoms with E-state index < -0.39 is 0 Å². The Morgan fingerprint density at radius 3 is 1.14 bits per heavy atom. The average molecular weight is 669 g/mol. The maximum atomic E-state index is 9.61. The number of para-hydroxylation sites is 2. The lowest BCUT2D eigenvalue weighted by atomic mass is 9.97. The van der Waals surface area contributed by atoms with Crippen molar-refractivity contribution in [2.24, 2.45) is 0 Å². The Hall–Kier alpha value is -6.92. The van der Waals surface area contributed by atoms with Crippen molar-refractivity contribution in [1.82, 2.24) is 0 Å². The van der Waals surface area contributed by atoms with Crippen molar-refractivity contribution in [3.05, 3.63) is 181 Å². The summed E-state index contributed by atoms with van der Waals surface area (Å²) in [6.07, 6.45) is 0. The fraction of sp³-hybridized carbons (Fsp3) is 0. The van der Waals surface area contributed by atoms with Crippen LogP contribution in [0, 0.1) is 22.7 Å². The Labute approximate surface area is 299 Å². The molecule has 0 aliphatic carbocycles. The lowest BCUT2D eigenvalue weighted by molar-refractivity contribution is 1.30. The molecule has 9 rings (SSSR count). The van der Waals surface area contributed by atoms with Gasteiger partial charge in [0.2, 0.25) is 0 Å². The van der Waals surface area contributed by atoms with E-state index in [1.165, 1.54) is 30.9 Å². The highest BCUT2D eigenvalue weighted by atomic mass is 32.1. The molecule has 0 N–H and O–H groups in total. The van der Waals surface area contributed by atoms with E-state index in [-0.39, 0.29) is 0 Å². The van der Waals surface area contributed by atoms with Gasteiger partial charge >= 0.3 is 0 Å². The van der Waals surface area contributed by atoms with Crippen LogP contribution in [-0.4, -0.2) is 0 Å². The molecular formula is C46H28N4S. The number of anilines is 6. The molecule has 8 aromatic carbocycles. The second kappa shape index (κ2) is 12.5. The minimum atomic E-state index is 0.622. The molecule has 0 unspecified atom stereocenters. The highest BCUT2D eigenvalue weighted by Gasteiger charge is 2.25. The van der Waals surface area contributed by atoms with Crippen LogP contribution >= 0.6 is 11.3 Å². The zero-order valence-corrected chi connectivity index (χ0v) is 28.2. The van der Waals surface area contributed by atoms with Gasteiger partial charge in [0.1, 0.15) is 0 Å². The van der Waals surface area contributed by atoms with Gasteiger partial charge in [-0.1, -0.05) is 84.9 Å². The molecule has 5 heteroatoms. The van der Waals surface area contributed by atoms with E-state index in [1.54, 1.807) is 0 Å². The van der Waals surface area contributed by atoms with Gasteiger partial charge in [0.05, 0.1) is 44.0 Å². The average Bonchev–Trinajstić information content (AvgIpc) is 3.61. The summed E-state index contributed by atoms with van der Waals surface area (Å²) >= 11 is 1.81. The maximum absolute atomic E-state index is 9.61. The van der Waals surface area contributed by atoms with Crippen molar-refractivity contribution in [3.8, 4) is 12.1 Å². The summed E-state index contributed by atoms with van der Waals surface area (Å²) in [4.78, 5) is 4.62. The zero-order valence-electron chi connectivity index (χ0n) is 27.4. The minimum Gasteiger partial charge on any atom is -0.309 e. The first-order valence-corrected chi connectivity index (χ1v) is 17.5. The van der Waals surface area contributed by atoms with Crippen LogP contribution in [0.4, 0.5) is 34.1 Å². The lowest BCUT2D eigenvalue weighted by Crippen LogP contribution is -2.10. The molecular weight excluding hydrogens is 641 g/mol. The van der Waals surface area contributed by atoms with Gasteiger partial charge in [-0.3, -0.25) is 0 Å². The summed E-state index contributed by atoms with van der Waals surface area (Å²) in [5, 5.41) is 26.3. The van der Waals surface area contributed by atoms with Gasteiger partial charge in [0, 0.05) is 33.5 Å². The van der Waals surface area contributed by atoms with Crippen LogP contribution in [0.1, 0.15) is 11.1 Å². The molecule has 0 fully saturated rings. The fourth-order valence-corrected chi connectivity index (χ4v) is 8.49. The smallest absolute Gasteiger partial charge is 0.0991 e. The predicted octanol–water partition coefficient (Wildman–Crippen LogP) is 13.0. The maximum Gasteiger partial charge on any atom is 0.0991 e. The van der Waals surface area contributed by atoms with Crippen LogP contribution in [0.5, 0.6) is 0 Å². The highest BCUT2D eigenvalue weighted by molar-refractivity contribution is 7.27. The van der Waals surface area contributed by atoms with Crippen molar-refractivity contribution in [1.29, 1.82) is 10.5 Å². The number of rotatable bonds is 6. The molecule has 9 aromatic rings. The highest BCUT2D eigenvalue weighted by Crippen LogP contribution is 2.53. The molecule has 0 saturated carbocycles. The van der Waals surface area contributed by atoms with E-state index in [9.17, 15) is 10.5 Å². The summed E-state index contributed by atoms with van der Waals surface area (Å²) in [7, 11) is 0. The first-order valence-electron chi connectivity index (χ1n) is 16.7. The van der Waals surface area contributed by atoms with Gasteiger partial charge in [-0.15, -0.1) is 11.3 Å². The third-order valence-corrected chi connectivity index (χ3v) is 10.7. The Bertz CT molecular complexity index is 2620. The first kappa shape index (κ1) is 30.2. The van der Waals surface area contributed by atoms with Crippen LogP contribution in [-0.2, 0) is 0 Å². The molecule has 51 heavy (non-hydrogen) atoms. The molecule has 0 aliphatic heterocycles. The van der Waals surface area contributed by atoms with Crippen molar-refractivity contribution in [2.45, 2.75) is 0 Å². The van der Waals surface area contributed by atoms with Gasteiger partial charge in [-0.2, -0.15) is 10.5 Å². The Balaban J connectivity index is 1.44. The number of fused-ring (bicyclic) bond motifs is 7. The summed E-state index contributed by atoms with van der Waals surface area (Å²) in [5.74, 6) is 0. The molecule has 0 amide bonds. The third-order valence-electron chi connectivity index (χ3n) is 9.44. The molecule has 1 aromatic heterocycles. The van der Waals surface area contributed by atoms with Crippen LogP contribution in [0.15, 0.2) is 170 Å². The number of hydrogen-bond donors (Lipinski definition) is 0. The van der Waals surface area contributed by atoms with Gasteiger partial charge in [0.25, 0.3) is 0 Å². The largest absolute Gasteiger partial charge is 0.309 e. The van der Waals surface area contributed by atoms with Gasteiger partial charge in [0.15, 0.2) is 0 Å². The monoisotopic (exact) mass is 668 g/mol. The van der Waals surface area contributed by atoms with E-state index in [2.05, 4.69) is 131 Å². The normalized spacial score (nSPS) is 11.1. The first-order chi connectivity index (χ1) is 25.2. The quantitative estimate of drug-likeness (QED) is 0.177. The van der Waals surface area contributed by atoms with Crippen molar-refractivity contribution in [2.75, 3.05) is 9.80 Å². The summed E-state index contributed by atoms with van der Waals surface area (Å²) in [6, 6.07) is 63.0. The zero-order chi connectivity index (χ0) is 34.3. The van der Waals surface area contributed by atoms with E-state index in [0.29, 0.717) is 11.1 Å². The molecule has 0 saturated heterocycles. The van der Waals surface area contributed by atoms with Gasteiger partial charge < -0.3 is 9.80 Å². The predicted molar refractivity (Wildman–Crippen MR) is 213 cm³/mol. The molecule has 4 nitrogen and oxygen atoms in total. The van der Waals surface area contributed by atoms with Crippen LogP contribution < -0.4 is 9.80 Å². The Morgan fingerprint density at radius 2 is 0.745 bits per heavy atom. The van der Waals surface area contributed by atoms with E-state index in [4.69, 9.17) is 0 Å². The summed E-state index contributed by atoms with van der Waals surface area (Å²) in [5.41, 5.74) is 7.40. The van der Waals surface area contributed by atoms with Crippen molar-refractivity contribution < 1.29 is 0 Å². The van der Waals surface area contributed by atoms with Gasteiger partial charge in [-0.25, -0.2) is 0 Å². The van der Waals surface area contributed by atoms with Crippen LogP contribution in [0.3, 0.4) is 0 Å². The molecule has 0 atom stereocenters. The SMILES string of the molecule is N#Cc1ccc(N(c2ccccc2)c2cc3ccccc3c3c2sc2c(N(c4ccccc4)c4ccc(C#N)cc4)cc4ccccc4c23)cc1. The number of thiophene rings is 1. The molecule has 0 spiro atoms. The summed E-state index contributed by atoms with van der Waals surface area (Å²) in [6.45, 7) is 0. The van der Waals surface area contributed by atoms with Crippen LogP contribution in [0.25, 0.3) is 41.7 Å². The number of hydrogen-bond acceptors (Lipinski definition) is 5. The molecule has 0 bridgehead atoms. The third kappa shape index (κ3) is 5.13. The fourth-order valence-electron chi connectivity index (χ4n) is 7.14. The topological polar surface area (TPSA) is 54.1 Å². The van der Waals surface area contributed by atoms with Crippen LogP contribution in [0.2, 0.25) is 0 Å². The second-order valence-corrected chi connectivity index (χ2v) is 13.4. The minimum absolute atomic E-state index is 0.622. The standard InChI is InChI=1S/C46H28N4S/c47-29-31-19-23-37(24-20-31)49(35-13-3-1-4-14-35)41-27-33-11-7-9-17-39(33)43-44-40-18-10-8-12-34(40)28-42(46(44)51-45(41)43)50(36-15-5-2-6-16-36)38-25-21-32(30-48)22-26-38/h1-28H. The van der Waals surface area contributed by atoms with Crippen molar-refractivity contribution in [3.63, 3.8) is 0 Å². The summed E-state index contributed by atoms with van der Waals surface area (Å²) < 4.78 is 2.34.